The summed E-state index contributed by atoms with van der Waals surface area (Å²) in [6.45, 7) is 6.38. The fourth-order valence-corrected chi connectivity index (χ4v) is 3.07. The maximum absolute atomic E-state index is 14.4. The fourth-order valence-electron chi connectivity index (χ4n) is 3.07. The van der Waals surface area contributed by atoms with Gasteiger partial charge in [-0.1, -0.05) is 32.9 Å². The van der Waals surface area contributed by atoms with Gasteiger partial charge in [-0.3, -0.25) is 4.68 Å². The third-order valence-corrected chi connectivity index (χ3v) is 4.43. The predicted molar refractivity (Wildman–Crippen MR) is 100 cm³/mol. The van der Waals surface area contributed by atoms with E-state index in [0.717, 1.165) is 5.56 Å². The Labute approximate surface area is 161 Å². The summed E-state index contributed by atoms with van der Waals surface area (Å²) in [4.78, 5) is 4.17. The number of hydrogen-bond donors (Lipinski definition) is 0. The summed E-state index contributed by atoms with van der Waals surface area (Å²) in [6.07, 6.45) is 3.09. The SMILES string of the molecule is Cn1ncnc1COc1nn2c(-c3ccccc3F)nncc2c1C(C)(C)C. The number of ether oxygens (including phenoxy) is 1. The van der Waals surface area contributed by atoms with Gasteiger partial charge in [0.25, 0.3) is 0 Å². The molecule has 0 aliphatic rings. The molecule has 0 amide bonds. The van der Waals surface area contributed by atoms with Crippen molar-refractivity contribution in [2.24, 2.45) is 7.05 Å². The minimum Gasteiger partial charge on any atom is -0.468 e. The molecule has 1 aromatic carbocycles. The summed E-state index contributed by atoms with van der Waals surface area (Å²) in [7, 11) is 1.80. The van der Waals surface area contributed by atoms with Crippen LogP contribution in [0.1, 0.15) is 32.2 Å². The topological polar surface area (TPSA) is 83.0 Å². The molecule has 0 atom stereocenters. The molecule has 0 N–H and O–H groups in total. The average molecular weight is 381 g/mol. The van der Waals surface area contributed by atoms with Gasteiger partial charge in [0.2, 0.25) is 5.88 Å². The highest BCUT2D eigenvalue weighted by molar-refractivity contribution is 5.66. The molecule has 0 fully saturated rings. The van der Waals surface area contributed by atoms with Crippen LogP contribution in [0.4, 0.5) is 4.39 Å². The molecule has 0 radical (unpaired) electrons. The Hall–Kier alpha value is -3.36. The first-order chi connectivity index (χ1) is 13.4. The molecule has 0 aliphatic heterocycles. The fraction of sp³-hybridized carbons (Fsp3) is 0.316. The van der Waals surface area contributed by atoms with E-state index in [1.807, 2.05) is 0 Å². The van der Waals surface area contributed by atoms with E-state index >= 15 is 0 Å². The van der Waals surface area contributed by atoms with Crippen LogP contribution in [-0.4, -0.2) is 34.6 Å². The number of nitrogens with zero attached hydrogens (tertiary/aromatic N) is 7. The molecular weight excluding hydrogens is 361 g/mol. The largest absolute Gasteiger partial charge is 0.468 e. The predicted octanol–water partition coefficient (Wildman–Crippen LogP) is 2.94. The number of aryl methyl sites for hydroxylation is 1. The van der Waals surface area contributed by atoms with Gasteiger partial charge in [-0.05, 0) is 17.5 Å². The lowest BCUT2D eigenvalue weighted by atomic mass is 9.88. The van der Waals surface area contributed by atoms with Gasteiger partial charge in [-0.2, -0.15) is 10.2 Å². The van der Waals surface area contributed by atoms with Crippen molar-refractivity contribution in [3.63, 3.8) is 0 Å². The summed E-state index contributed by atoms with van der Waals surface area (Å²) >= 11 is 0. The molecule has 0 bridgehead atoms. The number of benzene rings is 1. The van der Waals surface area contributed by atoms with E-state index in [4.69, 9.17) is 4.74 Å². The van der Waals surface area contributed by atoms with Crippen molar-refractivity contribution in [2.75, 3.05) is 0 Å². The quantitative estimate of drug-likeness (QED) is 0.540. The average Bonchev–Trinajstić information content (AvgIpc) is 3.22. The van der Waals surface area contributed by atoms with Crippen LogP contribution in [0.2, 0.25) is 0 Å². The van der Waals surface area contributed by atoms with Crippen LogP contribution < -0.4 is 4.74 Å². The number of rotatable bonds is 4. The van der Waals surface area contributed by atoms with Crippen molar-refractivity contribution in [3.05, 3.63) is 54.0 Å². The molecule has 0 spiro atoms. The number of hydrogen-bond acceptors (Lipinski definition) is 6. The molecule has 0 saturated heterocycles. The standard InChI is InChI=1S/C19H20FN7O/c1-19(2,3)16-14-9-22-24-17(12-7-5-6-8-13(12)20)27(14)25-18(16)28-10-15-21-11-23-26(15)4/h5-9,11H,10H2,1-4H3. The maximum atomic E-state index is 14.4. The number of aromatic nitrogens is 7. The molecule has 144 valence electrons. The van der Waals surface area contributed by atoms with Gasteiger partial charge < -0.3 is 4.74 Å². The highest BCUT2D eigenvalue weighted by Gasteiger charge is 2.28. The molecule has 4 rings (SSSR count). The molecule has 0 aliphatic carbocycles. The van der Waals surface area contributed by atoms with Crippen molar-refractivity contribution < 1.29 is 9.13 Å². The Kier molecular flexibility index (Phi) is 4.29. The van der Waals surface area contributed by atoms with Crippen LogP contribution in [-0.2, 0) is 19.1 Å². The molecule has 3 heterocycles. The molecule has 28 heavy (non-hydrogen) atoms. The molecule has 3 aromatic heterocycles. The van der Waals surface area contributed by atoms with Gasteiger partial charge in [0.15, 0.2) is 11.6 Å². The van der Waals surface area contributed by atoms with E-state index in [-0.39, 0.29) is 12.0 Å². The number of fused-ring (bicyclic) bond motifs is 1. The molecular formula is C19H20FN7O. The second-order valence-electron chi connectivity index (χ2n) is 7.46. The van der Waals surface area contributed by atoms with Crippen LogP contribution >= 0.6 is 0 Å². The van der Waals surface area contributed by atoms with Crippen molar-refractivity contribution >= 4 is 5.52 Å². The van der Waals surface area contributed by atoms with Crippen LogP contribution in [0.3, 0.4) is 0 Å². The molecule has 0 saturated carbocycles. The van der Waals surface area contributed by atoms with Crippen molar-refractivity contribution in [1.82, 2.24) is 34.6 Å². The molecule has 8 nitrogen and oxygen atoms in total. The molecule has 9 heteroatoms. The van der Waals surface area contributed by atoms with Gasteiger partial charge in [-0.15, -0.1) is 10.2 Å². The van der Waals surface area contributed by atoms with Crippen LogP contribution in [0.25, 0.3) is 16.9 Å². The molecule has 0 unspecified atom stereocenters. The highest BCUT2D eigenvalue weighted by atomic mass is 19.1. The first-order valence-electron chi connectivity index (χ1n) is 8.81. The second kappa shape index (κ2) is 6.66. The Morgan fingerprint density at radius 3 is 2.64 bits per heavy atom. The summed E-state index contributed by atoms with van der Waals surface area (Å²) in [5.74, 6) is 1.03. The summed E-state index contributed by atoms with van der Waals surface area (Å²) in [6, 6.07) is 6.41. The lowest BCUT2D eigenvalue weighted by molar-refractivity contribution is 0.270. The lowest BCUT2D eigenvalue weighted by Crippen LogP contribution is -2.14. The van der Waals surface area contributed by atoms with E-state index in [1.165, 1.54) is 12.4 Å². The van der Waals surface area contributed by atoms with Crippen LogP contribution in [0.15, 0.2) is 36.8 Å². The Morgan fingerprint density at radius 1 is 1.18 bits per heavy atom. The zero-order chi connectivity index (χ0) is 19.9. The third-order valence-electron chi connectivity index (χ3n) is 4.43. The van der Waals surface area contributed by atoms with Crippen molar-refractivity contribution in [3.8, 4) is 17.3 Å². The van der Waals surface area contributed by atoms with Crippen molar-refractivity contribution in [2.45, 2.75) is 32.8 Å². The monoisotopic (exact) mass is 381 g/mol. The Bertz CT molecular complexity index is 1140. The van der Waals surface area contributed by atoms with E-state index in [1.54, 1.807) is 40.6 Å². The minimum atomic E-state index is -0.390. The van der Waals surface area contributed by atoms with E-state index in [9.17, 15) is 4.39 Å². The number of halogens is 1. The Morgan fingerprint density at radius 2 is 1.96 bits per heavy atom. The van der Waals surface area contributed by atoms with Gasteiger partial charge in [0.1, 0.15) is 18.8 Å². The smallest absolute Gasteiger partial charge is 0.238 e. The second-order valence-corrected chi connectivity index (χ2v) is 7.46. The van der Waals surface area contributed by atoms with E-state index in [2.05, 4.69) is 46.1 Å². The van der Waals surface area contributed by atoms with Gasteiger partial charge in [0.05, 0.1) is 17.3 Å². The zero-order valence-corrected chi connectivity index (χ0v) is 16.1. The van der Waals surface area contributed by atoms with E-state index < -0.39 is 5.82 Å². The summed E-state index contributed by atoms with van der Waals surface area (Å²) in [5, 5.41) is 16.8. The first-order valence-corrected chi connectivity index (χ1v) is 8.81. The van der Waals surface area contributed by atoms with Gasteiger partial charge >= 0.3 is 0 Å². The van der Waals surface area contributed by atoms with Gasteiger partial charge in [0, 0.05) is 12.6 Å². The summed E-state index contributed by atoms with van der Waals surface area (Å²) in [5.41, 5.74) is 1.62. The lowest BCUT2D eigenvalue weighted by Gasteiger charge is -2.18. The van der Waals surface area contributed by atoms with Crippen LogP contribution in [0.5, 0.6) is 5.88 Å². The third kappa shape index (κ3) is 3.08. The highest BCUT2D eigenvalue weighted by Crippen LogP contribution is 2.36. The first kappa shape index (κ1) is 18.0. The maximum Gasteiger partial charge on any atom is 0.238 e. The van der Waals surface area contributed by atoms with E-state index in [0.29, 0.717) is 28.6 Å². The minimum absolute atomic E-state index is 0.208. The zero-order valence-electron chi connectivity index (χ0n) is 16.1. The van der Waals surface area contributed by atoms with Crippen LogP contribution in [0, 0.1) is 5.82 Å². The van der Waals surface area contributed by atoms with Crippen molar-refractivity contribution in [1.29, 1.82) is 0 Å². The normalized spacial score (nSPS) is 11.9. The molecule has 4 aromatic rings. The Balaban J connectivity index is 1.86. The van der Waals surface area contributed by atoms with Gasteiger partial charge in [-0.25, -0.2) is 13.9 Å². The summed E-state index contributed by atoms with van der Waals surface area (Å²) < 4.78 is 23.6.